The van der Waals surface area contributed by atoms with E-state index in [1.807, 2.05) is 6.08 Å². The third-order valence-electron chi connectivity index (χ3n) is 9.42. The number of aliphatic hydroxyl groups is 4. The fourth-order valence-corrected chi connectivity index (χ4v) is 6.05. The van der Waals surface area contributed by atoms with Crippen LogP contribution in [0.2, 0.25) is 0 Å². The molecule has 55 heavy (non-hydrogen) atoms. The third-order valence-corrected chi connectivity index (χ3v) is 9.42. The van der Waals surface area contributed by atoms with Crippen LogP contribution >= 0.6 is 0 Å². The van der Waals surface area contributed by atoms with Gasteiger partial charge in [0.15, 0.2) is 12.4 Å². The van der Waals surface area contributed by atoms with Crippen molar-refractivity contribution in [2.75, 3.05) is 19.8 Å². The molecule has 1 fully saturated rings. The molecule has 6 unspecified atom stereocenters. The van der Waals surface area contributed by atoms with E-state index in [4.69, 9.17) is 18.9 Å². The Bertz CT molecular complexity index is 1080. The van der Waals surface area contributed by atoms with E-state index in [-0.39, 0.29) is 26.1 Å². The Labute approximate surface area is 332 Å². The van der Waals surface area contributed by atoms with Crippen molar-refractivity contribution in [2.45, 2.75) is 192 Å². The highest BCUT2D eigenvalue weighted by Gasteiger charge is 2.44. The summed E-state index contributed by atoms with van der Waals surface area (Å²) in [6, 6.07) is 0. The van der Waals surface area contributed by atoms with Gasteiger partial charge >= 0.3 is 11.9 Å². The van der Waals surface area contributed by atoms with Gasteiger partial charge in [-0.1, -0.05) is 152 Å². The van der Waals surface area contributed by atoms with Gasteiger partial charge in [-0.05, 0) is 51.4 Å². The van der Waals surface area contributed by atoms with Gasteiger partial charge in [0.25, 0.3) is 0 Å². The topological polar surface area (TPSA) is 152 Å². The first-order valence-corrected chi connectivity index (χ1v) is 21.4. The number of carbonyl (C=O) groups is 2. The van der Waals surface area contributed by atoms with Crippen LogP contribution in [0.5, 0.6) is 0 Å². The Morgan fingerprint density at radius 2 is 1.07 bits per heavy atom. The molecule has 6 atom stereocenters. The Hall–Kier alpha value is -2.60. The Balaban J connectivity index is 2.40. The second-order valence-electron chi connectivity index (χ2n) is 14.4. The summed E-state index contributed by atoms with van der Waals surface area (Å²) in [5.74, 6) is -0.877. The summed E-state index contributed by atoms with van der Waals surface area (Å²) in [6.07, 6.45) is 35.2. The van der Waals surface area contributed by atoms with Crippen molar-refractivity contribution in [3.05, 3.63) is 60.8 Å². The molecule has 0 aliphatic carbocycles. The van der Waals surface area contributed by atoms with Crippen molar-refractivity contribution >= 4 is 11.9 Å². The zero-order valence-electron chi connectivity index (χ0n) is 34.2. The van der Waals surface area contributed by atoms with Gasteiger partial charge in [-0.15, -0.1) is 0 Å². The molecule has 0 saturated carbocycles. The number of allylic oxidation sites excluding steroid dienone is 10. The van der Waals surface area contributed by atoms with Crippen LogP contribution < -0.4 is 0 Å². The zero-order chi connectivity index (χ0) is 40.2. The van der Waals surface area contributed by atoms with E-state index in [1.165, 1.54) is 57.8 Å². The van der Waals surface area contributed by atoms with Gasteiger partial charge in [-0.2, -0.15) is 0 Å². The molecule has 0 aromatic heterocycles. The summed E-state index contributed by atoms with van der Waals surface area (Å²) in [7, 11) is 0. The Kier molecular flexibility index (Phi) is 32.8. The largest absolute Gasteiger partial charge is 0.462 e. The quantitative estimate of drug-likeness (QED) is 0.0284. The molecule has 1 rings (SSSR count). The van der Waals surface area contributed by atoms with Crippen molar-refractivity contribution in [1.29, 1.82) is 0 Å². The molecule has 0 radical (unpaired) electrons. The summed E-state index contributed by atoms with van der Waals surface area (Å²) in [4.78, 5) is 25.2. The van der Waals surface area contributed by atoms with Gasteiger partial charge in [0.1, 0.15) is 31.0 Å². The Morgan fingerprint density at radius 1 is 0.582 bits per heavy atom. The number of unbranched alkanes of at least 4 members (excludes halogenated alkanes) is 13. The van der Waals surface area contributed by atoms with Gasteiger partial charge in [-0.3, -0.25) is 9.59 Å². The van der Waals surface area contributed by atoms with E-state index in [9.17, 15) is 30.0 Å². The molecular formula is C45H76O10. The van der Waals surface area contributed by atoms with Gasteiger partial charge < -0.3 is 39.4 Å². The highest BCUT2D eigenvalue weighted by Crippen LogP contribution is 2.22. The predicted molar refractivity (Wildman–Crippen MR) is 219 cm³/mol. The number of hydrogen-bond donors (Lipinski definition) is 4. The van der Waals surface area contributed by atoms with Crippen LogP contribution in [0.15, 0.2) is 60.8 Å². The lowest BCUT2D eigenvalue weighted by Gasteiger charge is -2.39. The average Bonchev–Trinajstić information content (AvgIpc) is 3.18. The number of rotatable bonds is 34. The van der Waals surface area contributed by atoms with E-state index in [1.54, 1.807) is 0 Å². The first kappa shape index (κ1) is 50.4. The first-order chi connectivity index (χ1) is 26.8. The monoisotopic (exact) mass is 777 g/mol. The fraction of sp³-hybridized carbons (Fsp3) is 0.733. The molecule has 1 aliphatic rings. The molecule has 1 saturated heterocycles. The van der Waals surface area contributed by atoms with E-state index in [0.29, 0.717) is 12.8 Å². The maximum Gasteiger partial charge on any atom is 0.306 e. The molecule has 0 bridgehead atoms. The summed E-state index contributed by atoms with van der Waals surface area (Å²) in [6.45, 7) is 3.24. The second-order valence-corrected chi connectivity index (χ2v) is 14.4. The molecule has 1 heterocycles. The van der Waals surface area contributed by atoms with E-state index in [0.717, 1.165) is 57.8 Å². The van der Waals surface area contributed by atoms with Crippen molar-refractivity contribution in [3.63, 3.8) is 0 Å². The lowest BCUT2D eigenvalue weighted by molar-refractivity contribution is -0.305. The van der Waals surface area contributed by atoms with E-state index in [2.05, 4.69) is 68.5 Å². The van der Waals surface area contributed by atoms with Crippen LogP contribution in [0, 0.1) is 0 Å². The molecule has 1 aliphatic heterocycles. The number of ether oxygens (including phenoxy) is 4. The summed E-state index contributed by atoms with van der Waals surface area (Å²) < 4.78 is 22.1. The molecule has 0 amide bonds. The van der Waals surface area contributed by atoms with Gasteiger partial charge in [0.05, 0.1) is 13.2 Å². The summed E-state index contributed by atoms with van der Waals surface area (Å²) in [5.41, 5.74) is 0. The third kappa shape index (κ3) is 27.6. The standard InChI is InChI=1S/C45H76O10/c1-3-5-7-9-11-13-15-17-18-19-20-22-23-25-27-29-31-33-40(47)52-36-38(37-53-45-44(51)43(50)42(49)39(35-46)55-45)54-41(48)34-32-30-28-26-24-21-16-14-12-10-8-6-4-2/h5,7,11,13,17-18,20,22,25,27,38-39,42-46,49-51H,3-4,6,8-10,12,14-16,19,21,23-24,26,28-37H2,1-2H3/b7-5-,13-11-,18-17-,22-20-,27-25-. The van der Waals surface area contributed by atoms with Crippen LogP contribution in [0.4, 0.5) is 0 Å². The maximum atomic E-state index is 12.7. The molecule has 4 N–H and O–H groups in total. The lowest BCUT2D eigenvalue weighted by Crippen LogP contribution is -2.59. The highest BCUT2D eigenvalue weighted by atomic mass is 16.7. The second kappa shape index (κ2) is 35.8. The lowest BCUT2D eigenvalue weighted by atomic mass is 9.99. The minimum absolute atomic E-state index is 0.196. The Morgan fingerprint density at radius 3 is 1.60 bits per heavy atom. The van der Waals surface area contributed by atoms with E-state index < -0.39 is 55.4 Å². The zero-order valence-corrected chi connectivity index (χ0v) is 34.2. The molecule has 0 aromatic carbocycles. The number of hydrogen-bond acceptors (Lipinski definition) is 10. The normalized spacial score (nSPS) is 21.2. The highest BCUT2D eigenvalue weighted by molar-refractivity contribution is 5.70. The number of carbonyl (C=O) groups excluding carboxylic acids is 2. The van der Waals surface area contributed by atoms with Gasteiger partial charge in [0, 0.05) is 12.8 Å². The summed E-state index contributed by atoms with van der Waals surface area (Å²) in [5, 5.41) is 40.0. The van der Waals surface area contributed by atoms with Crippen LogP contribution in [-0.2, 0) is 28.5 Å². The van der Waals surface area contributed by atoms with Crippen molar-refractivity contribution < 1.29 is 49.0 Å². The molecule has 0 spiro atoms. The molecule has 10 heteroatoms. The number of aliphatic hydroxyl groups excluding tert-OH is 4. The molecule has 10 nitrogen and oxygen atoms in total. The SMILES string of the molecule is CC/C=C\C/C=C\C/C=C\C/C=C\C/C=C\CCCC(=O)OCC(COC1OC(CO)C(O)C(O)C1O)OC(=O)CCCCCCCCCCCCCCC. The first-order valence-electron chi connectivity index (χ1n) is 21.4. The minimum atomic E-state index is -1.60. The van der Waals surface area contributed by atoms with Crippen LogP contribution in [0.25, 0.3) is 0 Å². The summed E-state index contributed by atoms with van der Waals surface area (Å²) >= 11 is 0. The smallest absolute Gasteiger partial charge is 0.306 e. The molecular weight excluding hydrogens is 700 g/mol. The predicted octanol–water partition coefficient (Wildman–Crippen LogP) is 8.66. The van der Waals surface area contributed by atoms with Crippen molar-refractivity contribution in [2.24, 2.45) is 0 Å². The van der Waals surface area contributed by atoms with Crippen LogP contribution in [0.3, 0.4) is 0 Å². The van der Waals surface area contributed by atoms with Gasteiger partial charge in [0.2, 0.25) is 0 Å². The van der Waals surface area contributed by atoms with E-state index >= 15 is 0 Å². The van der Waals surface area contributed by atoms with Gasteiger partial charge in [-0.25, -0.2) is 0 Å². The van der Waals surface area contributed by atoms with Crippen LogP contribution in [0.1, 0.15) is 155 Å². The van der Waals surface area contributed by atoms with Crippen LogP contribution in [-0.4, -0.2) is 89.0 Å². The van der Waals surface area contributed by atoms with Crippen molar-refractivity contribution in [1.82, 2.24) is 0 Å². The minimum Gasteiger partial charge on any atom is -0.462 e. The molecule has 0 aromatic rings. The number of esters is 2. The molecule has 316 valence electrons. The maximum absolute atomic E-state index is 12.7. The fourth-order valence-electron chi connectivity index (χ4n) is 6.05. The average molecular weight is 777 g/mol. The van der Waals surface area contributed by atoms with Crippen molar-refractivity contribution in [3.8, 4) is 0 Å².